The minimum absolute atomic E-state index is 0.146. The van der Waals surface area contributed by atoms with E-state index in [1.54, 1.807) is 4.90 Å². The molecule has 1 aliphatic carbocycles. The average molecular weight is 260 g/mol. The van der Waals surface area contributed by atoms with Crippen LogP contribution in [0, 0.1) is 0 Å². The molecule has 1 heterocycles. The molecule has 1 saturated heterocycles. The normalized spacial score (nSPS) is 20.8. The van der Waals surface area contributed by atoms with Gasteiger partial charge in [0.25, 0.3) is 0 Å². The van der Waals surface area contributed by atoms with Crippen molar-refractivity contribution in [2.75, 3.05) is 18.0 Å². The van der Waals surface area contributed by atoms with Gasteiger partial charge in [0.1, 0.15) is 0 Å². The molecule has 5 heteroatoms. The predicted octanol–water partition coefficient (Wildman–Crippen LogP) is 1.72. The van der Waals surface area contributed by atoms with Crippen LogP contribution >= 0.6 is 0 Å². The average Bonchev–Trinajstić information content (AvgIpc) is 2.74. The zero-order valence-electron chi connectivity index (χ0n) is 10.6. The molecule has 1 aliphatic heterocycles. The molecule has 2 aliphatic rings. The molecule has 0 unspecified atom stereocenters. The van der Waals surface area contributed by atoms with E-state index in [9.17, 15) is 14.7 Å². The molecule has 3 rings (SSSR count). The number of benzene rings is 1. The highest BCUT2D eigenvalue weighted by Crippen LogP contribution is 2.47. The molecule has 0 aromatic heterocycles. The third-order valence-electron chi connectivity index (χ3n) is 4.18. The monoisotopic (exact) mass is 260 g/mol. The molecular weight excluding hydrogens is 244 g/mol. The maximum absolute atomic E-state index is 11.8. The fourth-order valence-electron chi connectivity index (χ4n) is 2.94. The summed E-state index contributed by atoms with van der Waals surface area (Å²) in [5, 5.41) is 12.3. The van der Waals surface area contributed by atoms with Crippen LogP contribution in [0.5, 0.6) is 0 Å². The fourth-order valence-corrected chi connectivity index (χ4v) is 2.94. The lowest BCUT2D eigenvalue weighted by molar-refractivity contribution is -0.147. The van der Waals surface area contributed by atoms with E-state index in [1.807, 2.05) is 24.3 Å². The van der Waals surface area contributed by atoms with E-state index in [-0.39, 0.29) is 6.03 Å². The third kappa shape index (κ3) is 1.69. The molecule has 0 radical (unpaired) electrons. The lowest BCUT2D eigenvalue weighted by atomic mass is 9.64. The Kier molecular flexibility index (Phi) is 2.69. The molecule has 2 fully saturated rings. The summed E-state index contributed by atoms with van der Waals surface area (Å²) in [6.07, 6.45) is 2.22. The van der Waals surface area contributed by atoms with Gasteiger partial charge in [0, 0.05) is 18.8 Å². The van der Waals surface area contributed by atoms with E-state index < -0.39 is 11.4 Å². The van der Waals surface area contributed by atoms with Gasteiger partial charge in [0.2, 0.25) is 0 Å². The van der Waals surface area contributed by atoms with Crippen molar-refractivity contribution in [2.24, 2.45) is 0 Å². The number of carbonyl (C=O) groups excluding carboxylic acids is 1. The third-order valence-corrected chi connectivity index (χ3v) is 4.18. The second-order valence-electron chi connectivity index (χ2n) is 5.14. The number of rotatable bonds is 3. The van der Waals surface area contributed by atoms with Gasteiger partial charge < -0.3 is 10.4 Å². The van der Waals surface area contributed by atoms with Crippen molar-refractivity contribution in [1.82, 2.24) is 5.32 Å². The highest BCUT2D eigenvalue weighted by Gasteiger charge is 2.48. The second-order valence-corrected chi connectivity index (χ2v) is 5.14. The summed E-state index contributed by atoms with van der Waals surface area (Å²) in [6, 6.07) is 7.22. The minimum atomic E-state index is -0.806. The molecule has 19 heavy (non-hydrogen) atoms. The number of hydrogen-bond donors (Lipinski definition) is 2. The summed E-state index contributed by atoms with van der Waals surface area (Å²) in [4.78, 5) is 25.1. The summed E-state index contributed by atoms with van der Waals surface area (Å²) in [7, 11) is 0. The lowest BCUT2D eigenvalue weighted by Gasteiger charge is -2.40. The number of nitrogens with one attached hydrogen (secondary N) is 1. The molecule has 1 aromatic rings. The Labute approximate surface area is 111 Å². The second kappa shape index (κ2) is 4.26. The minimum Gasteiger partial charge on any atom is -0.481 e. The first kappa shape index (κ1) is 12.0. The van der Waals surface area contributed by atoms with Crippen molar-refractivity contribution in [3.63, 3.8) is 0 Å². The van der Waals surface area contributed by atoms with Gasteiger partial charge in [-0.2, -0.15) is 0 Å². The molecule has 0 spiro atoms. The molecule has 1 saturated carbocycles. The Bertz CT molecular complexity index is 537. The van der Waals surface area contributed by atoms with Crippen molar-refractivity contribution in [1.29, 1.82) is 0 Å². The van der Waals surface area contributed by atoms with Crippen LogP contribution in [-0.4, -0.2) is 30.2 Å². The smallest absolute Gasteiger partial charge is 0.322 e. The number of amides is 2. The standard InChI is InChI=1S/C14H16N2O3/c17-12(18)14(6-3-7-14)10-4-1-2-5-11(10)16-9-8-15-13(16)19/h1-2,4-5H,3,6-9H2,(H,15,19)(H,17,18). The SMILES string of the molecule is O=C1NCCN1c1ccccc1C1(C(=O)O)CCC1. The van der Waals surface area contributed by atoms with E-state index in [0.29, 0.717) is 25.9 Å². The molecule has 1 aromatic carbocycles. The van der Waals surface area contributed by atoms with E-state index >= 15 is 0 Å². The maximum Gasteiger partial charge on any atom is 0.322 e. The topological polar surface area (TPSA) is 69.6 Å². The molecule has 0 bridgehead atoms. The van der Waals surface area contributed by atoms with Crippen LogP contribution in [0.3, 0.4) is 0 Å². The highest BCUT2D eigenvalue weighted by atomic mass is 16.4. The van der Waals surface area contributed by atoms with Gasteiger partial charge in [-0.15, -0.1) is 0 Å². The number of urea groups is 1. The molecular formula is C14H16N2O3. The number of nitrogens with zero attached hydrogens (tertiary/aromatic N) is 1. The van der Waals surface area contributed by atoms with Gasteiger partial charge in [0.05, 0.1) is 5.41 Å². The number of aliphatic carboxylic acids is 1. The van der Waals surface area contributed by atoms with Gasteiger partial charge in [-0.1, -0.05) is 24.6 Å². The van der Waals surface area contributed by atoms with Crippen LogP contribution in [0.2, 0.25) is 0 Å². The lowest BCUT2D eigenvalue weighted by Crippen LogP contribution is -2.44. The number of carboxylic acids is 1. The van der Waals surface area contributed by atoms with Crippen LogP contribution in [-0.2, 0) is 10.2 Å². The van der Waals surface area contributed by atoms with Crippen LogP contribution in [0.15, 0.2) is 24.3 Å². The van der Waals surface area contributed by atoms with Crippen molar-refractivity contribution >= 4 is 17.7 Å². The summed E-state index contributed by atoms with van der Waals surface area (Å²) in [6.45, 7) is 1.19. The van der Waals surface area contributed by atoms with E-state index in [0.717, 1.165) is 17.7 Å². The number of carbonyl (C=O) groups is 2. The zero-order valence-corrected chi connectivity index (χ0v) is 10.6. The molecule has 5 nitrogen and oxygen atoms in total. The van der Waals surface area contributed by atoms with Gasteiger partial charge >= 0.3 is 12.0 Å². The maximum atomic E-state index is 11.8. The number of para-hydroxylation sites is 1. The van der Waals surface area contributed by atoms with Gasteiger partial charge in [-0.25, -0.2) is 4.79 Å². The van der Waals surface area contributed by atoms with Crippen molar-refractivity contribution in [3.8, 4) is 0 Å². The Hall–Kier alpha value is -2.04. The number of hydrogen-bond acceptors (Lipinski definition) is 2. The van der Waals surface area contributed by atoms with Crippen LogP contribution in [0.1, 0.15) is 24.8 Å². The Morgan fingerprint density at radius 2 is 2.05 bits per heavy atom. The molecule has 0 atom stereocenters. The van der Waals surface area contributed by atoms with Crippen molar-refractivity contribution < 1.29 is 14.7 Å². The first-order valence-corrected chi connectivity index (χ1v) is 6.53. The number of anilines is 1. The largest absolute Gasteiger partial charge is 0.481 e. The Balaban J connectivity index is 2.07. The summed E-state index contributed by atoms with van der Waals surface area (Å²) < 4.78 is 0. The Morgan fingerprint density at radius 3 is 2.58 bits per heavy atom. The van der Waals surface area contributed by atoms with E-state index in [1.165, 1.54) is 0 Å². The van der Waals surface area contributed by atoms with Crippen LogP contribution in [0.25, 0.3) is 0 Å². The highest BCUT2D eigenvalue weighted by molar-refractivity contribution is 5.96. The van der Waals surface area contributed by atoms with E-state index in [4.69, 9.17) is 0 Å². The first-order valence-electron chi connectivity index (χ1n) is 6.53. The van der Waals surface area contributed by atoms with Crippen molar-refractivity contribution in [3.05, 3.63) is 29.8 Å². The molecule has 2 N–H and O–H groups in total. The summed E-state index contributed by atoms with van der Waals surface area (Å²) in [5.41, 5.74) is 0.699. The fraction of sp³-hybridized carbons (Fsp3) is 0.429. The molecule has 100 valence electrons. The van der Waals surface area contributed by atoms with Crippen molar-refractivity contribution in [2.45, 2.75) is 24.7 Å². The van der Waals surface area contributed by atoms with Gasteiger partial charge in [-0.05, 0) is 24.5 Å². The van der Waals surface area contributed by atoms with E-state index in [2.05, 4.69) is 5.32 Å². The predicted molar refractivity (Wildman–Crippen MR) is 70.4 cm³/mol. The van der Waals surface area contributed by atoms with Gasteiger partial charge in [-0.3, -0.25) is 9.69 Å². The quantitative estimate of drug-likeness (QED) is 0.869. The zero-order chi connectivity index (χ0) is 13.5. The first-order chi connectivity index (χ1) is 9.15. The summed E-state index contributed by atoms with van der Waals surface area (Å²) in [5.74, 6) is -0.786. The summed E-state index contributed by atoms with van der Waals surface area (Å²) >= 11 is 0. The van der Waals surface area contributed by atoms with Gasteiger partial charge in [0.15, 0.2) is 0 Å². The molecule has 2 amide bonds. The number of carboxylic acid groups (broad SMARTS) is 1. The van der Waals surface area contributed by atoms with Crippen LogP contribution in [0.4, 0.5) is 10.5 Å². The Morgan fingerprint density at radius 1 is 1.32 bits per heavy atom. The van der Waals surface area contributed by atoms with Crippen LogP contribution < -0.4 is 10.2 Å².